The van der Waals surface area contributed by atoms with Crippen LogP contribution < -0.4 is 5.73 Å². The van der Waals surface area contributed by atoms with Gasteiger partial charge in [-0.05, 0) is 18.8 Å². The predicted octanol–water partition coefficient (Wildman–Crippen LogP) is 1.01. The van der Waals surface area contributed by atoms with Gasteiger partial charge in [-0.25, -0.2) is 0 Å². The molecule has 66 valence electrons. The lowest BCUT2D eigenvalue weighted by atomic mass is 10.0. The van der Waals surface area contributed by atoms with Gasteiger partial charge in [0, 0.05) is 12.5 Å². The van der Waals surface area contributed by atoms with Crippen LogP contribution in [0.15, 0.2) is 0 Å². The fraction of sp³-hybridized carbons (Fsp3) is 0.857. The Labute approximate surface area is 72.4 Å². The van der Waals surface area contributed by atoms with Gasteiger partial charge in [-0.2, -0.15) is 0 Å². The van der Waals surface area contributed by atoms with Crippen LogP contribution in [-0.2, 0) is 4.79 Å². The molecular formula is C7H14ClNO2. The van der Waals surface area contributed by atoms with Crippen LogP contribution in [0.4, 0.5) is 0 Å². The molecule has 0 aromatic carbocycles. The summed E-state index contributed by atoms with van der Waals surface area (Å²) in [6, 6.07) is 0.135. The number of halogens is 1. The first-order chi connectivity index (χ1) is 4.70. The first-order valence-electron chi connectivity index (χ1n) is 3.67. The van der Waals surface area contributed by atoms with Gasteiger partial charge in [-0.3, -0.25) is 4.79 Å². The van der Waals surface area contributed by atoms with Crippen molar-refractivity contribution in [3.8, 4) is 0 Å². The van der Waals surface area contributed by atoms with Gasteiger partial charge >= 0.3 is 5.97 Å². The summed E-state index contributed by atoms with van der Waals surface area (Å²) in [5, 5.41) is 8.44. The second kappa shape index (κ2) is 4.57. The Hall–Kier alpha value is -0.280. The normalized spacial score (nSPS) is 29.5. The van der Waals surface area contributed by atoms with Gasteiger partial charge in [0.25, 0.3) is 0 Å². The van der Waals surface area contributed by atoms with Gasteiger partial charge in [-0.15, -0.1) is 12.4 Å². The van der Waals surface area contributed by atoms with Crippen molar-refractivity contribution in [2.24, 2.45) is 11.7 Å². The molecule has 0 radical (unpaired) electrons. The summed E-state index contributed by atoms with van der Waals surface area (Å²) < 4.78 is 0. The molecule has 0 bridgehead atoms. The van der Waals surface area contributed by atoms with E-state index in [1.54, 1.807) is 0 Å². The largest absolute Gasteiger partial charge is 0.481 e. The number of carbonyl (C=O) groups is 1. The van der Waals surface area contributed by atoms with Crippen LogP contribution in [0.3, 0.4) is 0 Å². The zero-order valence-corrected chi connectivity index (χ0v) is 7.14. The van der Waals surface area contributed by atoms with E-state index >= 15 is 0 Å². The van der Waals surface area contributed by atoms with E-state index in [2.05, 4.69) is 0 Å². The highest BCUT2D eigenvalue weighted by Gasteiger charge is 2.25. The maximum atomic E-state index is 10.2. The molecule has 0 aromatic rings. The standard InChI is InChI=1S/C7H13NO2.ClH/c8-6-3-1-2-5(6)4-7(9)10;/h5-6H,1-4,8H2,(H,9,10);1H. The highest BCUT2D eigenvalue weighted by molar-refractivity contribution is 5.85. The van der Waals surface area contributed by atoms with Crippen LogP contribution in [0.1, 0.15) is 25.7 Å². The maximum Gasteiger partial charge on any atom is 0.303 e. The maximum absolute atomic E-state index is 10.2. The monoisotopic (exact) mass is 179 g/mol. The van der Waals surface area contributed by atoms with Crippen molar-refractivity contribution in [1.82, 2.24) is 0 Å². The summed E-state index contributed by atoms with van der Waals surface area (Å²) in [6.07, 6.45) is 3.34. The van der Waals surface area contributed by atoms with E-state index in [9.17, 15) is 4.79 Å². The number of carboxylic acids is 1. The van der Waals surface area contributed by atoms with E-state index in [-0.39, 0.29) is 30.8 Å². The van der Waals surface area contributed by atoms with Gasteiger partial charge in [0.2, 0.25) is 0 Å². The summed E-state index contributed by atoms with van der Waals surface area (Å²) in [7, 11) is 0. The third-order valence-corrected chi connectivity index (χ3v) is 2.15. The minimum absolute atomic E-state index is 0. The molecule has 0 aromatic heterocycles. The zero-order valence-electron chi connectivity index (χ0n) is 6.32. The van der Waals surface area contributed by atoms with Crippen molar-refractivity contribution in [1.29, 1.82) is 0 Å². The molecule has 0 saturated heterocycles. The average molecular weight is 180 g/mol. The minimum atomic E-state index is -0.720. The van der Waals surface area contributed by atoms with Crippen molar-refractivity contribution in [2.75, 3.05) is 0 Å². The van der Waals surface area contributed by atoms with Gasteiger partial charge in [0.1, 0.15) is 0 Å². The Balaban J connectivity index is 0.000001000. The average Bonchev–Trinajstić information content (AvgIpc) is 2.15. The molecule has 0 heterocycles. The lowest BCUT2D eigenvalue weighted by Gasteiger charge is -2.11. The molecule has 2 atom stereocenters. The first-order valence-corrected chi connectivity index (χ1v) is 3.67. The fourth-order valence-electron chi connectivity index (χ4n) is 1.54. The number of nitrogens with two attached hydrogens (primary N) is 1. The number of carboxylic acid groups (broad SMARTS) is 1. The zero-order chi connectivity index (χ0) is 7.56. The summed E-state index contributed by atoms with van der Waals surface area (Å²) in [5.74, 6) is -0.486. The summed E-state index contributed by atoms with van der Waals surface area (Å²) in [4.78, 5) is 10.2. The molecule has 0 amide bonds. The molecule has 1 rings (SSSR count). The predicted molar refractivity (Wildman–Crippen MR) is 44.8 cm³/mol. The second-order valence-corrected chi connectivity index (χ2v) is 2.95. The molecule has 3 nitrogen and oxygen atoms in total. The van der Waals surface area contributed by atoms with E-state index in [4.69, 9.17) is 10.8 Å². The van der Waals surface area contributed by atoms with Crippen molar-refractivity contribution in [3.05, 3.63) is 0 Å². The van der Waals surface area contributed by atoms with Crippen LogP contribution in [0, 0.1) is 5.92 Å². The van der Waals surface area contributed by atoms with Gasteiger partial charge < -0.3 is 10.8 Å². The van der Waals surface area contributed by atoms with Crippen molar-refractivity contribution >= 4 is 18.4 Å². The van der Waals surface area contributed by atoms with Crippen LogP contribution in [0.25, 0.3) is 0 Å². The Kier molecular flexibility index (Phi) is 4.45. The molecule has 1 aliphatic rings. The van der Waals surface area contributed by atoms with Crippen LogP contribution in [0.5, 0.6) is 0 Å². The van der Waals surface area contributed by atoms with Crippen molar-refractivity contribution in [3.63, 3.8) is 0 Å². The van der Waals surface area contributed by atoms with Gasteiger partial charge in [0.05, 0.1) is 0 Å². The molecule has 1 aliphatic carbocycles. The molecule has 11 heavy (non-hydrogen) atoms. The van der Waals surface area contributed by atoms with Gasteiger partial charge in [0.15, 0.2) is 0 Å². The van der Waals surface area contributed by atoms with E-state index < -0.39 is 5.97 Å². The van der Waals surface area contributed by atoms with Crippen molar-refractivity contribution < 1.29 is 9.90 Å². The highest BCUT2D eigenvalue weighted by atomic mass is 35.5. The molecule has 4 heteroatoms. The molecule has 2 unspecified atom stereocenters. The summed E-state index contributed by atoms with van der Waals surface area (Å²) in [6.45, 7) is 0. The number of hydrogen-bond donors (Lipinski definition) is 2. The quantitative estimate of drug-likeness (QED) is 0.665. The van der Waals surface area contributed by atoms with Crippen LogP contribution in [-0.4, -0.2) is 17.1 Å². The highest BCUT2D eigenvalue weighted by Crippen LogP contribution is 2.26. The van der Waals surface area contributed by atoms with Crippen LogP contribution in [0.2, 0.25) is 0 Å². The third kappa shape index (κ3) is 3.08. The topological polar surface area (TPSA) is 63.3 Å². The van der Waals surface area contributed by atoms with E-state index in [1.165, 1.54) is 0 Å². The second-order valence-electron chi connectivity index (χ2n) is 2.95. The lowest BCUT2D eigenvalue weighted by molar-refractivity contribution is -0.138. The first kappa shape index (κ1) is 10.7. The third-order valence-electron chi connectivity index (χ3n) is 2.15. The Morgan fingerprint density at radius 1 is 1.55 bits per heavy atom. The Bertz CT molecular complexity index is 140. The summed E-state index contributed by atoms with van der Waals surface area (Å²) >= 11 is 0. The van der Waals surface area contributed by atoms with E-state index in [0.717, 1.165) is 19.3 Å². The molecular weight excluding hydrogens is 166 g/mol. The van der Waals surface area contributed by atoms with Gasteiger partial charge in [-0.1, -0.05) is 6.42 Å². The smallest absolute Gasteiger partial charge is 0.303 e. The molecule has 3 N–H and O–H groups in total. The molecule has 1 fully saturated rings. The fourth-order valence-corrected chi connectivity index (χ4v) is 1.54. The number of rotatable bonds is 2. The van der Waals surface area contributed by atoms with E-state index in [1.807, 2.05) is 0 Å². The van der Waals surface area contributed by atoms with Crippen LogP contribution >= 0.6 is 12.4 Å². The molecule has 0 aliphatic heterocycles. The summed E-state index contributed by atoms with van der Waals surface area (Å²) in [5.41, 5.74) is 5.66. The minimum Gasteiger partial charge on any atom is -0.481 e. The number of aliphatic carboxylic acids is 1. The Morgan fingerprint density at radius 3 is 2.55 bits per heavy atom. The SMILES string of the molecule is Cl.NC1CCCC1CC(=O)O. The van der Waals surface area contributed by atoms with E-state index in [0.29, 0.717) is 0 Å². The molecule has 1 saturated carbocycles. The number of hydrogen-bond acceptors (Lipinski definition) is 2. The molecule has 0 spiro atoms. The van der Waals surface area contributed by atoms with Crippen molar-refractivity contribution in [2.45, 2.75) is 31.7 Å². The Morgan fingerprint density at radius 2 is 2.18 bits per heavy atom. The lowest BCUT2D eigenvalue weighted by Crippen LogP contribution is -2.26.